The first kappa shape index (κ1) is 17.4. The van der Waals surface area contributed by atoms with Gasteiger partial charge in [0.25, 0.3) is 5.91 Å². The number of piperazine rings is 1. The van der Waals surface area contributed by atoms with E-state index < -0.39 is 0 Å². The van der Waals surface area contributed by atoms with Crippen LogP contribution in [0.1, 0.15) is 18.7 Å². The van der Waals surface area contributed by atoms with E-state index in [1.165, 1.54) is 10.6 Å². The van der Waals surface area contributed by atoms with E-state index >= 15 is 0 Å². The minimum Gasteiger partial charge on any atom is -0.497 e. The number of nitrogens with one attached hydrogen (secondary N) is 2. The molecule has 0 unspecified atom stereocenters. The third-order valence-corrected chi connectivity index (χ3v) is 4.67. The van der Waals surface area contributed by atoms with Gasteiger partial charge < -0.3 is 24.3 Å². The Kier molecular flexibility index (Phi) is 5.60. The lowest BCUT2D eigenvalue weighted by atomic mass is 10.2. The fraction of sp³-hybridized carbons (Fsp3) is 0.421. The Morgan fingerprint density at radius 1 is 1.28 bits per heavy atom. The van der Waals surface area contributed by atoms with Crippen LogP contribution in [-0.2, 0) is 4.79 Å². The third-order valence-electron chi connectivity index (χ3n) is 4.67. The van der Waals surface area contributed by atoms with Gasteiger partial charge in [0.05, 0.1) is 45.6 Å². The van der Waals surface area contributed by atoms with Crippen molar-refractivity contribution >= 4 is 11.6 Å². The molecule has 6 nitrogen and oxygen atoms in total. The van der Waals surface area contributed by atoms with Crippen LogP contribution in [0.15, 0.2) is 47.1 Å². The number of benzene rings is 1. The van der Waals surface area contributed by atoms with Gasteiger partial charge in [0, 0.05) is 5.69 Å². The normalized spacial score (nSPS) is 16.5. The first-order valence-electron chi connectivity index (χ1n) is 8.71. The quantitative estimate of drug-likeness (QED) is 0.816. The second-order valence-corrected chi connectivity index (χ2v) is 6.42. The summed E-state index contributed by atoms with van der Waals surface area (Å²) in [6.45, 7) is 6.24. The molecule has 1 aliphatic rings. The van der Waals surface area contributed by atoms with Gasteiger partial charge in [0.2, 0.25) is 0 Å². The molecule has 0 aliphatic carbocycles. The van der Waals surface area contributed by atoms with Gasteiger partial charge in [-0.05, 0) is 43.3 Å². The van der Waals surface area contributed by atoms with Gasteiger partial charge in [0.15, 0.2) is 6.54 Å². The molecule has 2 heterocycles. The van der Waals surface area contributed by atoms with Crippen LogP contribution in [-0.4, -0.2) is 45.7 Å². The molecule has 134 valence electrons. The third kappa shape index (κ3) is 4.54. The van der Waals surface area contributed by atoms with Gasteiger partial charge in [-0.25, -0.2) is 0 Å². The van der Waals surface area contributed by atoms with Gasteiger partial charge in [-0.15, -0.1) is 0 Å². The van der Waals surface area contributed by atoms with E-state index in [9.17, 15) is 4.79 Å². The Morgan fingerprint density at radius 2 is 2.00 bits per heavy atom. The number of carbonyl (C=O) groups excluding carboxylic acids is 1. The topological polar surface area (TPSA) is 59.2 Å². The molecular formula is C19H26N3O3+. The van der Waals surface area contributed by atoms with Crippen LogP contribution < -0.4 is 19.9 Å². The van der Waals surface area contributed by atoms with E-state index in [0.29, 0.717) is 6.54 Å². The first-order valence-corrected chi connectivity index (χ1v) is 8.71. The lowest BCUT2D eigenvalue weighted by molar-refractivity contribution is -0.892. The smallest absolute Gasteiger partial charge is 0.275 e. The highest BCUT2D eigenvalue weighted by Gasteiger charge is 2.23. The molecule has 1 aromatic heterocycles. The Labute approximate surface area is 148 Å². The maximum absolute atomic E-state index is 12.2. The van der Waals surface area contributed by atoms with E-state index in [1.54, 1.807) is 13.4 Å². The Morgan fingerprint density at radius 3 is 2.60 bits per heavy atom. The Bertz CT molecular complexity index is 662. The highest BCUT2D eigenvalue weighted by molar-refractivity contribution is 5.77. The maximum atomic E-state index is 12.2. The fourth-order valence-electron chi connectivity index (χ4n) is 3.18. The monoisotopic (exact) mass is 344 g/mol. The molecule has 2 aromatic rings. The summed E-state index contributed by atoms with van der Waals surface area (Å²) in [4.78, 5) is 15.9. The summed E-state index contributed by atoms with van der Waals surface area (Å²) < 4.78 is 10.5. The molecule has 1 fully saturated rings. The van der Waals surface area contributed by atoms with Crippen molar-refractivity contribution in [2.24, 2.45) is 0 Å². The zero-order chi connectivity index (χ0) is 17.6. The second-order valence-electron chi connectivity index (χ2n) is 6.42. The van der Waals surface area contributed by atoms with Gasteiger partial charge >= 0.3 is 0 Å². The Balaban J connectivity index is 1.44. The molecule has 25 heavy (non-hydrogen) atoms. The molecular weight excluding hydrogens is 318 g/mol. The van der Waals surface area contributed by atoms with E-state index in [-0.39, 0.29) is 11.9 Å². The maximum Gasteiger partial charge on any atom is 0.275 e. The molecule has 1 atom stereocenters. The SMILES string of the molecule is COc1ccc(N2CC[NH+](CC(=O)N[C@H](C)c3ccco3)CC2)cc1. The van der Waals surface area contributed by atoms with Crippen LogP contribution in [0.4, 0.5) is 5.69 Å². The predicted molar refractivity (Wildman–Crippen MR) is 96.0 cm³/mol. The predicted octanol–water partition coefficient (Wildman–Crippen LogP) is 0.871. The van der Waals surface area contributed by atoms with Crippen LogP contribution in [0.25, 0.3) is 0 Å². The highest BCUT2D eigenvalue weighted by Crippen LogP contribution is 2.19. The number of quaternary nitrogens is 1. The van der Waals surface area contributed by atoms with Crippen molar-refractivity contribution in [2.45, 2.75) is 13.0 Å². The van der Waals surface area contributed by atoms with E-state index in [4.69, 9.17) is 9.15 Å². The van der Waals surface area contributed by atoms with Crippen LogP contribution in [0.2, 0.25) is 0 Å². The number of anilines is 1. The summed E-state index contributed by atoms with van der Waals surface area (Å²) in [5.41, 5.74) is 1.20. The van der Waals surface area contributed by atoms with Gasteiger partial charge in [0.1, 0.15) is 11.5 Å². The van der Waals surface area contributed by atoms with Crippen molar-refractivity contribution in [1.82, 2.24) is 5.32 Å². The van der Waals surface area contributed by atoms with Crippen molar-refractivity contribution in [1.29, 1.82) is 0 Å². The summed E-state index contributed by atoms with van der Waals surface area (Å²) in [6, 6.07) is 11.8. The van der Waals surface area contributed by atoms with Gasteiger partial charge in [-0.3, -0.25) is 4.79 Å². The number of rotatable bonds is 6. The minimum atomic E-state index is -0.0949. The number of furan rings is 1. The summed E-state index contributed by atoms with van der Waals surface area (Å²) in [5.74, 6) is 1.72. The van der Waals surface area contributed by atoms with E-state index in [1.807, 2.05) is 31.2 Å². The number of hydrogen-bond donors (Lipinski definition) is 2. The van der Waals surface area contributed by atoms with Crippen LogP contribution in [0, 0.1) is 0 Å². The summed E-state index contributed by atoms with van der Waals surface area (Å²) >= 11 is 0. The number of methoxy groups -OCH3 is 1. The average molecular weight is 344 g/mol. The highest BCUT2D eigenvalue weighted by atomic mass is 16.5. The van der Waals surface area contributed by atoms with Gasteiger partial charge in [-0.1, -0.05) is 0 Å². The van der Waals surface area contributed by atoms with Crippen molar-refractivity contribution in [2.75, 3.05) is 44.7 Å². The zero-order valence-electron chi connectivity index (χ0n) is 14.8. The molecule has 3 rings (SSSR count). The summed E-state index contributed by atoms with van der Waals surface area (Å²) in [6.07, 6.45) is 1.63. The average Bonchev–Trinajstić information content (AvgIpc) is 3.17. The van der Waals surface area contributed by atoms with Crippen molar-refractivity contribution in [3.8, 4) is 5.75 Å². The van der Waals surface area contributed by atoms with Crippen molar-refractivity contribution in [3.63, 3.8) is 0 Å². The minimum absolute atomic E-state index is 0.0665. The molecule has 0 bridgehead atoms. The molecule has 1 amide bonds. The fourth-order valence-corrected chi connectivity index (χ4v) is 3.18. The molecule has 2 N–H and O–H groups in total. The summed E-state index contributed by atoms with van der Waals surface area (Å²) in [7, 11) is 1.68. The molecule has 1 aromatic carbocycles. The van der Waals surface area contributed by atoms with E-state index in [2.05, 4.69) is 22.3 Å². The lowest BCUT2D eigenvalue weighted by Gasteiger charge is -2.33. The van der Waals surface area contributed by atoms with Crippen molar-refractivity contribution in [3.05, 3.63) is 48.4 Å². The second kappa shape index (κ2) is 8.07. The summed E-state index contributed by atoms with van der Waals surface area (Å²) in [5, 5.41) is 3.00. The number of carbonyl (C=O) groups is 1. The number of ether oxygens (including phenoxy) is 1. The van der Waals surface area contributed by atoms with Crippen LogP contribution in [0.5, 0.6) is 5.75 Å². The lowest BCUT2D eigenvalue weighted by Crippen LogP contribution is -3.15. The number of nitrogens with zero attached hydrogens (tertiary/aromatic N) is 1. The zero-order valence-corrected chi connectivity index (χ0v) is 14.8. The molecule has 1 saturated heterocycles. The standard InChI is InChI=1S/C19H25N3O3/c1-15(18-4-3-13-25-18)20-19(23)14-21-9-11-22(12-10-21)16-5-7-17(24-2)8-6-16/h3-8,13,15H,9-12,14H2,1-2H3,(H,20,23)/p+1/t15-/m1/s1. The molecule has 0 saturated carbocycles. The van der Waals surface area contributed by atoms with Gasteiger partial charge in [-0.2, -0.15) is 0 Å². The Hall–Kier alpha value is -2.47. The van der Waals surface area contributed by atoms with Crippen LogP contribution in [0.3, 0.4) is 0 Å². The number of hydrogen-bond acceptors (Lipinski definition) is 4. The van der Waals surface area contributed by atoms with Crippen LogP contribution >= 0.6 is 0 Å². The largest absolute Gasteiger partial charge is 0.497 e. The molecule has 1 aliphatic heterocycles. The molecule has 6 heteroatoms. The number of amides is 1. The van der Waals surface area contributed by atoms with Crippen molar-refractivity contribution < 1.29 is 18.8 Å². The van der Waals surface area contributed by atoms with E-state index in [0.717, 1.165) is 37.7 Å². The molecule has 0 spiro atoms. The molecule has 0 radical (unpaired) electrons. The first-order chi connectivity index (χ1) is 12.2.